The van der Waals surface area contributed by atoms with Crippen molar-refractivity contribution in [2.75, 3.05) is 0 Å². The molecule has 88 valence electrons. The lowest BCUT2D eigenvalue weighted by Crippen LogP contribution is -1.91. The molecule has 0 saturated carbocycles. The van der Waals surface area contributed by atoms with Gasteiger partial charge >= 0.3 is 0 Å². The first-order valence-corrected chi connectivity index (χ1v) is 5.41. The first-order valence-electron chi connectivity index (χ1n) is 5.41. The van der Waals surface area contributed by atoms with Crippen molar-refractivity contribution in [2.24, 2.45) is 0 Å². The van der Waals surface area contributed by atoms with Crippen molar-refractivity contribution in [2.45, 2.75) is 0 Å². The molecule has 0 unspecified atom stereocenters. The summed E-state index contributed by atoms with van der Waals surface area (Å²) in [6.07, 6.45) is 1.64. The van der Waals surface area contributed by atoms with E-state index in [9.17, 15) is 8.78 Å². The van der Waals surface area contributed by atoms with E-state index in [1.807, 2.05) is 24.3 Å². The van der Waals surface area contributed by atoms with E-state index in [1.165, 1.54) is 12.1 Å². The summed E-state index contributed by atoms with van der Waals surface area (Å²) in [5.74, 6) is -0.962. The largest absolute Gasteiger partial charge is 0.236 e. The molecule has 0 aliphatic rings. The van der Waals surface area contributed by atoms with Gasteiger partial charge in [-0.1, -0.05) is 18.2 Å². The number of para-hydroxylation sites is 1. The van der Waals surface area contributed by atoms with E-state index in [0.717, 1.165) is 17.0 Å². The fraction of sp³-hybridized carbons (Fsp3) is 0. The minimum atomic E-state index is -0.637. The molecule has 1 heterocycles. The maximum absolute atomic E-state index is 13.1. The second-order valence-corrected chi connectivity index (χ2v) is 3.91. The average molecular weight is 242 g/mol. The molecule has 1 aromatic heterocycles. The van der Waals surface area contributed by atoms with E-state index in [2.05, 4.69) is 9.97 Å². The Kier molecular flexibility index (Phi) is 2.48. The van der Waals surface area contributed by atoms with E-state index in [0.29, 0.717) is 11.4 Å². The molecule has 0 saturated heterocycles. The summed E-state index contributed by atoms with van der Waals surface area (Å²) >= 11 is 0. The highest BCUT2D eigenvalue weighted by atomic mass is 19.1. The minimum absolute atomic E-state index is 0.312. The summed E-state index contributed by atoms with van der Waals surface area (Å²) in [7, 11) is 0. The van der Waals surface area contributed by atoms with Crippen LogP contribution in [0.25, 0.3) is 22.3 Å². The molecule has 0 amide bonds. The fourth-order valence-corrected chi connectivity index (χ4v) is 1.79. The van der Waals surface area contributed by atoms with Gasteiger partial charge in [0.1, 0.15) is 11.6 Å². The highest BCUT2D eigenvalue weighted by molar-refractivity contribution is 5.79. The maximum atomic E-state index is 13.1. The summed E-state index contributed by atoms with van der Waals surface area (Å²) in [4.78, 5) is 8.40. The van der Waals surface area contributed by atoms with Crippen LogP contribution in [0.15, 0.2) is 48.7 Å². The van der Waals surface area contributed by atoms with E-state index >= 15 is 0 Å². The van der Waals surface area contributed by atoms with Crippen LogP contribution in [0.4, 0.5) is 8.78 Å². The number of hydrogen-bond donors (Lipinski definition) is 0. The number of aromatic nitrogens is 2. The van der Waals surface area contributed by atoms with Crippen molar-refractivity contribution in [3.05, 3.63) is 60.3 Å². The first-order chi connectivity index (χ1) is 8.72. The minimum Gasteiger partial charge on any atom is -0.236 e. The Morgan fingerprint density at radius 1 is 0.889 bits per heavy atom. The summed E-state index contributed by atoms with van der Waals surface area (Å²) in [6.45, 7) is 0. The predicted octanol–water partition coefficient (Wildman–Crippen LogP) is 3.58. The molecule has 0 aliphatic carbocycles. The second kappa shape index (κ2) is 4.14. The molecular weight excluding hydrogens is 234 g/mol. The second-order valence-electron chi connectivity index (χ2n) is 3.91. The fourth-order valence-electron chi connectivity index (χ4n) is 1.79. The van der Waals surface area contributed by atoms with E-state index in [1.54, 1.807) is 6.20 Å². The molecule has 3 aromatic rings. The van der Waals surface area contributed by atoms with Gasteiger partial charge in [0.25, 0.3) is 0 Å². The molecule has 2 aromatic carbocycles. The topological polar surface area (TPSA) is 25.8 Å². The standard InChI is InChI=1S/C14H8F2N2/c15-11-5-10(6-12(16)7-11)14-17-8-9-3-1-2-4-13(9)18-14/h1-8H. The van der Waals surface area contributed by atoms with E-state index in [-0.39, 0.29) is 0 Å². The SMILES string of the molecule is Fc1cc(F)cc(-c2ncc3ccccc3n2)c1. The monoisotopic (exact) mass is 242 g/mol. The lowest BCUT2D eigenvalue weighted by Gasteiger charge is -2.02. The van der Waals surface area contributed by atoms with Crippen molar-refractivity contribution in [3.63, 3.8) is 0 Å². The van der Waals surface area contributed by atoms with Crippen LogP contribution in [0.3, 0.4) is 0 Å². The molecule has 0 spiro atoms. The number of benzene rings is 2. The molecular formula is C14H8F2N2. The molecule has 3 rings (SSSR count). The zero-order valence-corrected chi connectivity index (χ0v) is 9.27. The molecule has 0 N–H and O–H groups in total. The van der Waals surface area contributed by atoms with Crippen LogP contribution in [0, 0.1) is 11.6 Å². The van der Waals surface area contributed by atoms with Gasteiger partial charge in [-0.3, -0.25) is 0 Å². The van der Waals surface area contributed by atoms with Gasteiger partial charge in [0.2, 0.25) is 0 Å². The van der Waals surface area contributed by atoms with Gasteiger partial charge in [-0.15, -0.1) is 0 Å². The number of halogens is 2. The Balaban J connectivity index is 2.19. The molecule has 0 aliphatic heterocycles. The van der Waals surface area contributed by atoms with Crippen LogP contribution in [0.5, 0.6) is 0 Å². The third-order valence-electron chi connectivity index (χ3n) is 2.61. The van der Waals surface area contributed by atoms with Crippen LogP contribution in [-0.2, 0) is 0 Å². The molecule has 0 fully saturated rings. The Labute approximate surface area is 102 Å². The van der Waals surface area contributed by atoms with Crippen molar-refractivity contribution in [1.29, 1.82) is 0 Å². The maximum Gasteiger partial charge on any atom is 0.159 e. The number of rotatable bonds is 1. The molecule has 2 nitrogen and oxygen atoms in total. The third kappa shape index (κ3) is 1.93. The molecule has 4 heteroatoms. The Hall–Kier alpha value is -2.36. The van der Waals surface area contributed by atoms with Crippen molar-refractivity contribution in [3.8, 4) is 11.4 Å². The molecule has 18 heavy (non-hydrogen) atoms. The molecule has 0 radical (unpaired) electrons. The van der Waals surface area contributed by atoms with Crippen LogP contribution in [0.1, 0.15) is 0 Å². The van der Waals surface area contributed by atoms with Crippen LogP contribution >= 0.6 is 0 Å². The lowest BCUT2D eigenvalue weighted by molar-refractivity contribution is 0.584. The summed E-state index contributed by atoms with van der Waals surface area (Å²) < 4.78 is 26.3. The zero-order valence-electron chi connectivity index (χ0n) is 9.27. The third-order valence-corrected chi connectivity index (χ3v) is 2.61. The Morgan fingerprint density at radius 2 is 1.61 bits per heavy atom. The van der Waals surface area contributed by atoms with Crippen LogP contribution in [-0.4, -0.2) is 9.97 Å². The van der Waals surface area contributed by atoms with E-state index in [4.69, 9.17) is 0 Å². The average Bonchev–Trinajstić information content (AvgIpc) is 2.37. The Morgan fingerprint density at radius 3 is 2.39 bits per heavy atom. The van der Waals surface area contributed by atoms with Crippen molar-refractivity contribution in [1.82, 2.24) is 9.97 Å². The highest BCUT2D eigenvalue weighted by Crippen LogP contribution is 2.20. The summed E-state index contributed by atoms with van der Waals surface area (Å²) in [6, 6.07) is 10.7. The van der Waals surface area contributed by atoms with Gasteiger partial charge in [0.05, 0.1) is 5.52 Å². The number of nitrogens with zero attached hydrogens (tertiary/aromatic N) is 2. The van der Waals surface area contributed by atoms with Gasteiger partial charge in [-0.25, -0.2) is 18.7 Å². The summed E-state index contributed by atoms with van der Waals surface area (Å²) in [5, 5.41) is 0.887. The van der Waals surface area contributed by atoms with E-state index < -0.39 is 11.6 Å². The molecule has 0 bridgehead atoms. The Bertz CT molecular complexity index is 706. The van der Waals surface area contributed by atoms with Gasteiger partial charge in [0, 0.05) is 23.2 Å². The van der Waals surface area contributed by atoms with Gasteiger partial charge in [-0.05, 0) is 18.2 Å². The predicted molar refractivity (Wildman–Crippen MR) is 64.9 cm³/mol. The van der Waals surface area contributed by atoms with Crippen molar-refractivity contribution >= 4 is 10.9 Å². The van der Waals surface area contributed by atoms with Crippen molar-refractivity contribution < 1.29 is 8.78 Å². The normalized spacial score (nSPS) is 10.8. The zero-order chi connectivity index (χ0) is 12.5. The van der Waals surface area contributed by atoms with Crippen LogP contribution < -0.4 is 0 Å². The summed E-state index contributed by atoms with van der Waals surface area (Å²) in [5.41, 5.74) is 1.07. The smallest absolute Gasteiger partial charge is 0.159 e. The first kappa shape index (κ1) is 10.8. The van der Waals surface area contributed by atoms with Crippen LogP contribution in [0.2, 0.25) is 0 Å². The van der Waals surface area contributed by atoms with Gasteiger partial charge in [0.15, 0.2) is 5.82 Å². The number of hydrogen-bond acceptors (Lipinski definition) is 2. The number of fused-ring (bicyclic) bond motifs is 1. The lowest BCUT2D eigenvalue weighted by atomic mass is 10.2. The quantitative estimate of drug-likeness (QED) is 0.651. The molecule has 0 atom stereocenters. The highest BCUT2D eigenvalue weighted by Gasteiger charge is 2.06. The van der Waals surface area contributed by atoms with Gasteiger partial charge < -0.3 is 0 Å². The van der Waals surface area contributed by atoms with Gasteiger partial charge in [-0.2, -0.15) is 0 Å².